The second-order valence-electron chi connectivity index (χ2n) is 11.0. The van der Waals surface area contributed by atoms with E-state index in [0.29, 0.717) is 13.1 Å². The SMILES string of the molecule is CN(C)c1nc2c(CN3C[C@H]4N(C(=O)CN4N(C)C(=O)NCc4ccccc4)[C@@H](C#Cc4ccccc4)C3=O)cccc2s1. The summed E-state index contributed by atoms with van der Waals surface area (Å²) in [7, 11) is 5.55. The molecule has 6 rings (SSSR count). The number of aromatic nitrogens is 1. The summed E-state index contributed by atoms with van der Waals surface area (Å²) in [6.45, 7) is 0.818. The zero-order chi connectivity index (χ0) is 30.8. The summed E-state index contributed by atoms with van der Waals surface area (Å²) < 4.78 is 1.03. The van der Waals surface area contributed by atoms with E-state index in [2.05, 4.69) is 17.2 Å². The number of fused-ring (bicyclic) bond motifs is 2. The highest BCUT2D eigenvalue weighted by Crippen LogP contribution is 2.32. The number of rotatable bonds is 6. The summed E-state index contributed by atoms with van der Waals surface area (Å²) in [6, 6.07) is 23.6. The Morgan fingerprint density at radius 1 is 1.00 bits per heavy atom. The predicted octanol–water partition coefficient (Wildman–Crippen LogP) is 3.35. The van der Waals surface area contributed by atoms with Gasteiger partial charge in [-0.05, 0) is 29.3 Å². The Morgan fingerprint density at radius 3 is 2.45 bits per heavy atom. The maximum Gasteiger partial charge on any atom is 0.332 e. The van der Waals surface area contributed by atoms with Crippen molar-refractivity contribution in [3.63, 3.8) is 0 Å². The topological polar surface area (TPSA) is 92.3 Å². The molecule has 224 valence electrons. The van der Waals surface area contributed by atoms with Crippen LogP contribution in [0.1, 0.15) is 16.7 Å². The number of carbonyl (C=O) groups is 3. The van der Waals surface area contributed by atoms with E-state index in [4.69, 9.17) is 4.98 Å². The first kappa shape index (κ1) is 29.2. The van der Waals surface area contributed by atoms with Crippen molar-refractivity contribution < 1.29 is 14.4 Å². The third kappa shape index (κ3) is 5.82. The number of thiazole rings is 1. The molecule has 3 aromatic carbocycles. The normalized spacial score (nSPS) is 18.2. The molecule has 2 aliphatic heterocycles. The van der Waals surface area contributed by atoms with Gasteiger partial charge in [0.2, 0.25) is 5.91 Å². The minimum absolute atomic E-state index is 0.0432. The molecule has 0 bridgehead atoms. The van der Waals surface area contributed by atoms with Crippen LogP contribution in [0.15, 0.2) is 78.9 Å². The van der Waals surface area contributed by atoms with Gasteiger partial charge in [-0.2, -0.15) is 5.01 Å². The second kappa shape index (κ2) is 12.4. The third-order valence-corrected chi connectivity index (χ3v) is 8.97. The minimum atomic E-state index is -1.00. The number of amides is 4. The Kier molecular flexibility index (Phi) is 8.19. The van der Waals surface area contributed by atoms with Crippen LogP contribution >= 0.6 is 11.3 Å². The summed E-state index contributed by atoms with van der Waals surface area (Å²) >= 11 is 1.59. The van der Waals surface area contributed by atoms with Gasteiger partial charge in [0.05, 0.1) is 23.3 Å². The average Bonchev–Trinajstić information content (AvgIpc) is 3.62. The van der Waals surface area contributed by atoms with E-state index in [9.17, 15) is 14.4 Å². The van der Waals surface area contributed by atoms with E-state index >= 15 is 0 Å². The van der Waals surface area contributed by atoms with E-state index in [1.807, 2.05) is 97.9 Å². The summed E-state index contributed by atoms with van der Waals surface area (Å²) in [5.41, 5.74) is 3.47. The molecule has 0 radical (unpaired) electrons. The van der Waals surface area contributed by atoms with Gasteiger partial charge in [0, 0.05) is 39.8 Å². The van der Waals surface area contributed by atoms with Gasteiger partial charge >= 0.3 is 6.03 Å². The van der Waals surface area contributed by atoms with E-state index in [1.165, 1.54) is 9.91 Å². The number of hydrogen-bond donors (Lipinski definition) is 1. The molecule has 4 amide bonds. The fourth-order valence-electron chi connectivity index (χ4n) is 5.49. The minimum Gasteiger partial charge on any atom is -0.354 e. The number of urea groups is 1. The molecule has 10 nitrogen and oxygen atoms in total. The molecule has 3 heterocycles. The van der Waals surface area contributed by atoms with Gasteiger partial charge in [-0.1, -0.05) is 83.8 Å². The number of anilines is 1. The van der Waals surface area contributed by atoms with Crippen molar-refractivity contribution in [1.82, 2.24) is 30.1 Å². The number of hydrazine groups is 1. The Hall–Kier alpha value is -4.92. The first-order chi connectivity index (χ1) is 21.3. The van der Waals surface area contributed by atoms with Crippen molar-refractivity contribution in [3.05, 3.63) is 95.6 Å². The Balaban J connectivity index is 1.30. The Bertz CT molecular complexity index is 1750. The van der Waals surface area contributed by atoms with Crippen molar-refractivity contribution >= 4 is 44.5 Å². The highest BCUT2D eigenvalue weighted by molar-refractivity contribution is 7.22. The molecule has 44 heavy (non-hydrogen) atoms. The van der Waals surface area contributed by atoms with Crippen LogP contribution in [0.2, 0.25) is 0 Å². The maximum atomic E-state index is 14.1. The van der Waals surface area contributed by atoms with Gasteiger partial charge in [-0.15, -0.1) is 0 Å². The van der Waals surface area contributed by atoms with Gasteiger partial charge in [-0.25, -0.2) is 9.78 Å². The zero-order valence-electron chi connectivity index (χ0n) is 24.8. The van der Waals surface area contributed by atoms with E-state index < -0.39 is 12.2 Å². The van der Waals surface area contributed by atoms with Crippen molar-refractivity contribution in [2.24, 2.45) is 0 Å². The fourth-order valence-corrected chi connectivity index (χ4v) is 6.42. The molecule has 0 saturated carbocycles. The lowest BCUT2D eigenvalue weighted by Gasteiger charge is -2.44. The molecular formula is C33H33N7O3S. The van der Waals surface area contributed by atoms with Crippen LogP contribution in [-0.4, -0.2) is 89.1 Å². The lowest BCUT2D eigenvalue weighted by Crippen LogP contribution is -2.64. The van der Waals surface area contributed by atoms with Crippen LogP contribution in [0.5, 0.6) is 0 Å². The van der Waals surface area contributed by atoms with E-state index in [0.717, 1.165) is 32.0 Å². The quantitative estimate of drug-likeness (QED) is 0.338. The molecule has 0 spiro atoms. The van der Waals surface area contributed by atoms with Crippen LogP contribution < -0.4 is 10.2 Å². The molecule has 0 aliphatic carbocycles. The number of nitrogens with one attached hydrogen (secondary N) is 1. The highest BCUT2D eigenvalue weighted by atomic mass is 32.1. The summed E-state index contributed by atoms with van der Waals surface area (Å²) in [5, 5.41) is 6.96. The van der Waals surface area contributed by atoms with Gasteiger partial charge in [0.1, 0.15) is 6.17 Å². The number of benzene rings is 3. The molecule has 0 unspecified atom stereocenters. The van der Waals surface area contributed by atoms with Crippen molar-refractivity contribution in [1.29, 1.82) is 0 Å². The molecular weight excluding hydrogens is 574 g/mol. The van der Waals surface area contributed by atoms with Crippen LogP contribution in [0.3, 0.4) is 0 Å². The third-order valence-electron chi connectivity index (χ3n) is 7.79. The fraction of sp³-hybridized carbons (Fsp3) is 0.273. The standard InChI is InChI=1S/C33H33N7O3S/c1-36(2)33-35-30-25(15-10-16-27(30)44-33)20-38-21-28-39(37(3)32(43)34-19-24-13-8-5-9-14-24)22-29(41)40(28)26(31(38)42)18-17-23-11-6-4-7-12-23/h4-16,26,28H,19-22H2,1-3H3,(H,34,43)/t26-,28+/m0/s1. The number of nitrogens with zero attached hydrogens (tertiary/aromatic N) is 6. The molecule has 2 atom stereocenters. The zero-order valence-corrected chi connectivity index (χ0v) is 25.6. The van der Waals surface area contributed by atoms with Crippen molar-refractivity contribution in [2.45, 2.75) is 25.3 Å². The maximum absolute atomic E-state index is 14.1. The summed E-state index contributed by atoms with van der Waals surface area (Å²) in [4.78, 5) is 50.8. The van der Waals surface area contributed by atoms with Gasteiger partial charge in [0.25, 0.3) is 5.91 Å². The smallest absolute Gasteiger partial charge is 0.332 e. The monoisotopic (exact) mass is 607 g/mol. The summed E-state index contributed by atoms with van der Waals surface area (Å²) in [6.07, 6.45) is -0.574. The average molecular weight is 608 g/mol. The molecule has 2 fully saturated rings. The van der Waals surface area contributed by atoms with E-state index in [1.54, 1.807) is 28.3 Å². The van der Waals surface area contributed by atoms with Crippen molar-refractivity contribution in [3.8, 4) is 11.8 Å². The molecule has 11 heteroatoms. The van der Waals surface area contributed by atoms with Gasteiger partial charge in [-0.3, -0.25) is 19.5 Å². The first-order valence-electron chi connectivity index (χ1n) is 14.3. The summed E-state index contributed by atoms with van der Waals surface area (Å²) in [5.74, 6) is 5.68. The van der Waals surface area contributed by atoms with Crippen LogP contribution in [0, 0.1) is 11.8 Å². The number of para-hydroxylation sites is 1. The molecule has 1 N–H and O–H groups in total. The molecule has 4 aromatic rings. The lowest BCUT2D eigenvalue weighted by molar-refractivity contribution is -0.153. The van der Waals surface area contributed by atoms with Crippen LogP contribution in [0.4, 0.5) is 9.93 Å². The largest absolute Gasteiger partial charge is 0.354 e. The molecule has 2 saturated heterocycles. The lowest BCUT2D eigenvalue weighted by atomic mass is 10.1. The van der Waals surface area contributed by atoms with E-state index in [-0.39, 0.29) is 30.9 Å². The Labute approximate surface area is 260 Å². The van der Waals surface area contributed by atoms with Gasteiger partial charge < -0.3 is 15.1 Å². The van der Waals surface area contributed by atoms with Crippen LogP contribution in [-0.2, 0) is 22.7 Å². The van der Waals surface area contributed by atoms with Crippen LogP contribution in [0.25, 0.3) is 10.2 Å². The second-order valence-corrected chi connectivity index (χ2v) is 12.0. The van der Waals surface area contributed by atoms with Crippen molar-refractivity contribution in [2.75, 3.05) is 39.1 Å². The number of piperazine rings is 1. The molecule has 2 aliphatic rings. The number of carbonyl (C=O) groups excluding carboxylic acids is 3. The number of hydrogen-bond acceptors (Lipinski definition) is 7. The Morgan fingerprint density at radius 2 is 1.73 bits per heavy atom. The first-order valence-corrected chi connectivity index (χ1v) is 15.2. The van der Waals surface area contributed by atoms with Gasteiger partial charge in [0.15, 0.2) is 11.2 Å². The highest BCUT2D eigenvalue weighted by Gasteiger charge is 2.51. The predicted molar refractivity (Wildman–Crippen MR) is 170 cm³/mol. The molecule has 1 aromatic heterocycles.